The van der Waals surface area contributed by atoms with Crippen LogP contribution in [-0.2, 0) is 27.1 Å². The van der Waals surface area contributed by atoms with Gasteiger partial charge in [0.05, 0.1) is 22.2 Å². The number of aromatic nitrogens is 2. The zero-order chi connectivity index (χ0) is 20.4. The number of hydrogen-bond donors (Lipinski definition) is 3. The Bertz CT molecular complexity index is 1200. The van der Waals surface area contributed by atoms with Crippen LogP contribution in [0.15, 0.2) is 53.4 Å². The molecule has 0 saturated carbocycles. The van der Waals surface area contributed by atoms with Crippen LogP contribution in [0.25, 0.3) is 11.0 Å². The van der Waals surface area contributed by atoms with Gasteiger partial charge in [-0.25, -0.2) is 26.5 Å². The molecular weight excluding hydrogens is 454 g/mol. The molecule has 1 heterocycles. The first-order valence-corrected chi connectivity index (χ1v) is 11.8. The van der Waals surface area contributed by atoms with Gasteiger partial charge >= 0.3 is 0 Å². The van der Waals surface area contributed by atoms with Gasteiger partial charge in [0.25, 0.3) is 0 Å². The highest BCUT2D eigenvalue weighted by atomic mass is 35.5. The number of benzene rings is 2. The number of sulfonamides is 2. The van der Waals surface area contributed by atoms with E-state index in [0.717, 1.165) is 17.3 Å². The maximum Gasteiger partial charge on any atom is 0.240 e. The second kappa shape index (κ2) is 10.1. The topological polar surface area (TPSA) is 154 Å². The van der Waals surface area contributed by atoms with Crippen molar-refractivity contribution in [2.75, 3.05) is 29.4 Å². The number of halogens is 1. The summed E-state index contributed by atoms with van der Waals surface area (Å²) in [4.78, 5) is 4.51. The lowest BCUT2D eigenvalue weighted by Crippen LogP contribution is -2.29. The molecule has 0 bridgehead atoms. The van der Waals surface area contributed by atoms with Crippen LogP contribution in [0.2, 0.25) is 0 Å². The van der Waals surface area contributed by atoms with Gasteiger partial charge in [0, 0.05) is 25.8 Å². The molecular formula is C17H24ClN5O5S2. The van der Waals surface area contributed by atoms with Crippen LogP contribution in [0.5, 0.6) is 0 Å². The average Bonchev–Trinajstić information content (AvgIpc) is 2.94. The summed E-state index contributed by atoms with van der Waals surface area (Å²) in [6.07, 6.45) is 1.02. The van der Waals surface area contributed by atoms with E-state index in [-0.39, 0.29) is 29.3 Å². The van der Waals surface area contributed by atoms with E-state index >= 15 is 0 Å². The standard InChI is InChI=1S/C17H21N5O4S2.ClH.H2O/c1-22-16-6-4-3-5-15(16)20-17(22)18-11-12-19-28(25,26)14-9-7-13(8-10-14)21-27(2,23)24;;/h3-10,19,21H,11-12H2,1-2H3,(H,18,20);1H;1H2. The minimum Gasteiger partial charge on any atom is -0.412 e. The first kappa shape index (κ1) is 25.7. The Morgan fingerprint density at radius 2 is 1.60 bits per heavy atom. The Balaban J connectivity index is 0.00000225. The van der Waals surface area contributed by atoms with Crippen molar-refractivity contribution in [1.82, 2.24) is 14.3 Å². The molecule has 3 rings (SSSR count). The van der Waals surface area contributed by atoms with Crippen molar-refractivity contribution in [2.45, 2.75) is 4.90 Å². The summed E-state index contributed by atoms with van der Waals surface area (Å²) in [7, 11) is -5.24. The molecule has 0 amide bonds. The molecule has 166 valence electrons. The molecule has 10 nitrogen and oxygen atoms in total. The predicted octanol–water partition coefficient (Wildman–Crippen LogP) is 0.932. The van der Waals surface area contributed by atoms with Gasteiger partial charge in [0.2, 0.25) is 26.0 Å². The summed E-state index contributed by atoms with van der Waals surface area (Å²) in [6, 6.07) is 13.2. The van der Waals surface area contributed by atoms with Crippen molar-refractivity contribution >= 4 is 55.1 Å². The Morgan fingerprint density at radius 3 is 2.20 bits per heavy atom. The number of rotatable bonds is 8. The fraction of sp³-hybridized carbons (Fsp3) is 0.235. The van der Waals surface area contributed by atoms with Crippen LogP contribution in [0.3, 0.4) is 0 Å². The van der Waals surface area contributed by atoms with Crippen molar-refractivity contribution in [3.63, 3.8) is 0 Å². The number of para-hydroxylation sites is 2. The minimum absolute atomic E-state index is 0. The highest BCUT2D eigenvalue weighted by Gasteiger charge is 2.14. The molecule has 5 N–H and O–H groups in total. The number of nitrogens with zero attached hydrogens (tertiary/aromatic N) is 2. The molecule has 0 fully saturated rings. The Kier molecular flexibility index (Phi) is 8.63. The number of aryl methyl sites for hydroxylation is 1. The van der Waals surface area contributed by atoms with Crippen LogP contribution in [0.4, 0.5) is 11.6 Å². The van der Waals surface area contributed by atoms with Gasteiger partial charge in [0.15, 0.2) is 0 Å². The first-order chi connectivity index (χ1) is 13.2. The smallest absolute Gasteiger partial charge is 0.240 e. The molecule has 30 heavy (non-hydrogen) atoms. The highest BCUT2D eigenvalue weighted by Crippen LogP contribution is 2.17. The lowest BCUT2D eigenvalue weighted by Gasteiger charge is -2.09. The molecule has 3 aromatic rings. The van der Waals surface area contributed by atoms with E-state index in [2.05, 4.69) is 19.7 Å². The van der Waals surface area contributed by atoms with E-state index in [9.17, 15) is 16.8 Å². The molecule has 0 radical (unpaired) electrons. The van der Waals surface area contributed by atoms with Crippen molar-refractivity contribution in [3.8, 4) is 0 Å². The van der Waals surface area contributed by atoms with E-state index in [1.54, 1.807) is 0 Å². The minimum atomic E-state index is -3.70. The number of hydrogen-bond acceptors (Lipinski definition) is 6. The largest absolute Gasteiger partial charge is 0.412 e. The van der Waals surface area contributed by atoms with Crippen LogP contribution in [0.1, 0.15) is 0 Å². The van der Waals surface area contributed by atoms with Crippen LogP contribution in [-0.4, -0.2) is 51.2 Å². The normalized spacial score (nSPS) is 11.4. The molecule has 0 aliphatic rings. The van der Waals surface area contributed by atoms with Crippen LogP contribution < -0.4 is 14.8 Å². The SMILES string of the molecule is Cl.Cn1c(NCCNS(=O)(=O)c2ccc(NS(C)(=O)=O)cc2)nc2ccccc21.O. The third-order valence-corrected chi connectivity index (χ3v) is 6.04. The summed E-state index contributed by atoms with van der Waals surface area (Å²) in [5, 5.41) is 3.11. The first-order valence-electron chi connectivity index (χ1n) is 8.38. The molecule has 0 atom stereocenters. The monoisotopic (exact) mass is 477 g/mol. The van der Waals surface area contributed by atoms with Crippen molar-refractivity contribution in [2.24, 2.45) is 7.05 Å². The quantitative estimate of drug-likeness (QED) is 0.410. The number of anilines is 2. The maximum absolute atomic E-state index is 12.3. The third kappa shape index (κ3) is 6.31. The van der Waals surface area contributed by atoms with Crippen molar-refractivity contribution in [1.29, 1.82) is 0 Å². The van der Waals surface area contributed by atoms with E-state index < -0.39 is 20.0 Å². The molecule has 2 aromatic carbocycles. The van der Waals surface area contributed by atoms with Crippen molar-refractivity contribution in [3.05, 3.63) is 48.5 Å². The Morgan fingerprint density at radius 1 is 0.967 bits per heavy atom. The second-order valence-electron chi connectivity index (χ2n) is 6.21. The molecule has 0 spiro atoms. The van der Waals surface area contributed by atoms with Crippen molar-refractivity contribution < 1.29 is 22.3 Å². The van der Waals surface area contributed by atoms with E-state index in [1.165, 1.54) is 24.3 Å². The molecule has 13 heteroatoms. The zero-order valence-corrected chi connectivity index (χ0v) is 18.7. The fourth-order valence-corrected chi connectivity index (χ4v) is 4.26. The molecule has 0 aliphatic carbocycles. The molecule has 0 aliphatic heterocycles. The molecule has 1 aromatic heterocycles. The summed E-state index contributed by atoms with van der Waals surface area (Å²) in [5.74, 6) is 0.650. The number of imidazole rings is 1. The second-order valence-corrected chi connectivity index (χ2v) is 9.72. The summed E-state index contributed by atoms with van der Waals surface area (Å²) in [5.41, 5.74) is 2.13. The Labute approximate surface area is 181 Å². The maximum atomic E-state index is 12.3. The Hall–Kier alpha value is -2.38. The van der Waals surface area contributed by atoms with Gasteiger partial charge in [-0.2, -0.15) is 0 Å². The zero-order valence-electron chi connectivity index (χ0n) is 16.3. The lowest BCUT2D eigenvalue weighted by atomic mass is 10.3. The third-order valence-electron chi connectivity index (χ3n) is 3.96. The molecule has 0 saturated heterocycles. The van der Waals surface area contributed by atoms with E-state index in [4.69, 9.17) is 0 Å². The summed E-state index contributed by atoms with van der Waals surface area (Å²) >= 11 is 0. The molecule has 0 unspecified atom stereocenters. The van der Waals surface area contributed by atoms with E-state index in [0.29, 0.717) is 18.2 Å². The predicted molar refractivity (Wildman–Crippen MR) is 120 cm³/mol. The van der Waals surface area contributed by atoms with E-state index in [1.807, 2.05) is 35.9 Å². The van der Waals surface area contributed by atoms with Gasteiger partial charge in [0.1, 0.15) is 0 Å². The fourth-order valence-electron chi connectivity index (χ4n) is 2.66. The van der Waals surface area contributed by atoms with Gasteiger partial charge in [-0.1, -0.05) is 12.1 Å². The van der Waals surface area contributed by atoms with Gasteiger partial charge in [-0.05, 0) is 36.4 Å². The van der Waals surface area contributed by atoms with Gasteiger partial charge < -0.3 is 15.4 Å². The van der Waals surface area contributed by atoms with Gasteiger partial charge in [-0.15, -0.1) is 12.4 Å². The highest BCUT2D eigenvalue weighted by molar-refractivity contribution is 7.92. The van der Waals surface area contributed by atoms with Crippen LogP contribution in [0, 0.1) is 0 Å². The summed E-state index contributed by atoms with van der Waals surface area (Å²) < 4.78 is 53.8. The lowest BCUT2D eigenvalue weighted by molar-refractivity contribution is 0.582. The average molecular weight is 478 g/mol. The van der Waals surface area contributed by atoms with Gasteiger partial charge in [-0.3, -0.25) is 4.72 Å². The van der Waals surface area contributed by atoms with Crippen LogP contribution >= 0.6 is 12.4 Å². The summed E-state index contributed by atoms with van der Waals surface area (Å²) in [6.45, 7) is 0.513. The number of fused-ring (bicyclic) bond motifs is 1. The number of nitrogens with one attached hydrogen (secondary N) is 3.